The Labute approximate surface area is 130 Å². The first kappa shape index (κ1) is 16.5. The van der Waals surface area contributed by atoms with Crippen LogP contribution in [0.25, 0.3) is 0 Å². The number of likely N-dealkylation sites (N-methyl/N-ethyl adjacent to an activating group) is 1. The number of rotatable bonds is 5. The van der Waals surface area contributed by atoms with Gasteiger partial charge in [0.2, 0.25) is 0 Å². The summed E-state index contributed by atoms with van der Waals surface area (Å²) in [5, 5.41) is 3.62. The largest absolute Gasteiger partial charge is 0.372 e. The standard InChI is InChI=1S/C19H31NO/c1-5-20-17-12-11-16(19(2,3)4)13-18(17)21-14-15-9-7-6-8-10-15/h6-10,16-18,20H,5,11-14H2,1-4H3. The first-order valence-corrected chi connectivity index (χ1v) is 8.39. The SMILES string of the molecule is CCNC1CCC(C(C)(C)C)CC1OCc1ccccc1. The molecule has 1 aliphatic rings. The second kappa shape index (κ2) is 7.42. The average molecular weight is 289 g/mol. The van der Waals surface area contributed by atoms with Crippen LogP contribution in [0.1, 0.15) is 52.5 Å². The summed E-state index contributed by atoms with van der Waals surface area (Å²) in [6.45, 7) is 11.0. The van der Waals surface area contributed by atoms with Gasteiger partial charge in [-0.15, -0.1) is 0 Å². The maximum atomic E-state index is 6.30. The number of ether oxygens (including phenoxy) is 1. The molecule has 2 rings (SSSR count). The van der Waals surface area contributed by atoms with E-state index in [4.69, 9.17) is 4.74 Å². The molecule has 0 aliphatic heterocycles. The van der Waals surface area contributed by atoms with Gasteiger partial charge in [0.25, 0.3) is 0 Å². The zero-order valence-corrected chi connectivity index (χ0v) is 14.1. The lowest BCUT2D eigenvalue weighted by molar-refractivity contribution is -0.0360. The van der Waals surface area contributed by atoms with E-state index in [1.54, 1.807) is 0 Å². The molecule has 0 aromatic heterocycles. The second-order valence-electron chi connectivity index (χ2n) is 7.38. The molecule has 1 aliphatic carbocycles. The summed E-state index contributed by atoms with van der Waals surface area (Å²) < 4.78 is 6.30. The molecule has 3 unspecified atom stereocenters. The van der Waals surface area contributed by atoms with Gasteiger partial charge in [0.1, 0.15) is 0 Å². The fraction of sp³-hybridized carbons (Fsp3) is 0.684. The fourth-order valence-electron chi connectivity index (χ4n) is 3.37. The summed E-state index contributed by atoms with van der Waals surface area (Å²) in [4.78, 5) is 0. The van der Waals surface area contributed by atoms with E-state index >= 15 is 0 Å². The minimum atomic E-state index is 0.336. The Morgan fingerprint density at radius 1 is 1.14 bits per heavy atom. The van der Waals surface area contributed by atoms with E-state index in [0.29, 0.717) is 17.6 Å². The van der Waals surface area contributed by atoms with E-state index in [0.717, 1.165) is 19.1 Å². The van der Waals surface area contributed by atoms with Crippen molar-refractivity contribution in [2.45, 2.75) is 65.7 Å². The highest BCUT2D eigenvalue weighted by Gasteiger charge is 2.36. The molecule has 1 aromatic carbocycles. The van der Waals surface area contributed by atoms with Crippen molar-refractivity contribution in [1.82, 2.24) is 5.32 Å². The van der Waals surface area contributed by atoms with Crippen LogP contribution in [0, 0.1) is 11.3 Å². The predicted molar refractivity (Wildman–Crippen MR) is 89.3 cm³/mol. The van der Waals surface area contributed by atoms with E-state index in [2.05, 4.69) is 63.3 Å². The molecule has 0 amide bonds. The van der Waals surface area contributed by atoms with Crippen molar-refractivity contribution >= 4 is 0 Å². The third-order valence-corrected chi connectivity index (χ3v) is 4.79. The minimum Gasteiger partial charge on any atom is -0.372 e. The highest BCUT2D eigenvalue weighted by molar-refractivity contribution is 5.13. The van der Waals surface area contributed by atoms with Gasteiger partial charge in [0, 0.05) is 6.04 Å². The molecule has 1 N–H and O–H groups in total. The number of hydrogen-bond acceptors (Lipinski definition) is 2. The summed E-state index contributed by atoms with van der Waals surface area (Å²) in [7, 11) is 0. The van der Waals surface area contributed by atoms with Gasteiger partial charge < -0.3 is 10.1 Å². The van der Waals surface area contributed by atoms with Crippen LogP contribution in [-0.4, -0.2) is 18.7 Å². The van der Waals surface area contributed by atoms with Gasteiger partial charge in [-0.2, -0.15) is 0 Å². The van der Waals surface area contributed by atoms with Crippen molar-refractivity contribution in [3.8, 4) is 0 Å². The molecule has 0 bridgehead atoms. The molecule has 0 heterocycles. The topological polar surface area (TPSA) is 21.3 Å². The third kappa shape index (κ3) is 4.82. The molecule has 1 fully saturated rings. The van der Waals surface area contributed by atoms with E-state index in [9.17, 15) is 0 Å². The van der Waals surface area contributed by atoms with Crippen LogP contribution < -0.4 is 5.32 Å². The van der Waals surface area contributed by atoms with Gasteiger partial charge in [-0.25, -0.2) is 0 Å². The smallest absolute Gasteiger partial charge is 0.0735 e. The Bertz CT molecular complexity index is 409. The summed E-state index contributed by atoms with van der Waals surface area (Å²) in [6, 6.07) is 11.0. The average Bonchev–Trinajstić information content (AvgIpc) is 2.46. The molecule has 21 heavy (non-hydrogen) atoms. The molecular weight excluding hydrogens is 258 g/mol. The van der Waals surface area contributed by atoms with E-state index in [-0.39, 0.29) is 0 Å². The lowest BCUT2D eigenvalue weighted by Crippen LogP contribution is -2.47. The third-order valence-electron chi connectivity index (χ3n) is 4.79. The highest BCUT2D eigenvalue weighted by atomic mass is 16.5. The highest BCUT2D eigenvalue weighted by Crippen LogP contribution is 2.39. The maximum absolute atomic E-state index is 6.30. The van der Waals surface area contributed by atoms with Crippen LogP contribution in [0.2, 0.25) is 0 Å². The number of nitrogens with one attached hydrogen (secondary N) is 1. The first-order chi connectivity index (χ1) is 10.0. The number of benzene rings is 1. The Morgan fingerprint density at radius 2 is 1.86 bits per heavy atom. The van der Waals surface area contributed by atoms with Crippen molar-refractivity contribution in [3.05, 3.63) is 35.9 Å². The molecule has 0 radical (unpaired) electrons. The summed E-state index contributed by atoms with van der Waals surface area (Å²) in [6.07, 6.45) is 4.05. The molecule has 1 saturated carbocycles. The summed E-state index contributed by atoms with van der Waals surface area (Å²) in [5.74, 6) is 0.758. The van der Waals surface area contributed by atoms with Crippen molar-refractivity contribution < 1.29 is 4.74 Å². The summed E-state index contributed by atoms with van der Waals surface area (Å²) >= 11 is 0. The Morgan fingerprint density at radius 3 is 2.48 bits per heavy atom. The molecule has 2 nitrogen and oxygen atoms in total. The van der Waals surface area contributed by atoms with Crippen LogP contribution in [0.15, 0.2) is 30.3 Å². The fourth-order valence-corrected chi connectivity index (χ4v) is 3.37. The monoisotopic (exact) mass is 289 g/mol. The van der Waals surface area contributed by atoms with Crippen molar-refractivity contribution in [3.63, 3.8) is 0 Å². The van der Waals surface area contributed by atoms with Crippen molar-refractivity contribution in [2.75, 3.05) is 6.54 Å². The Kier molecular flexibility index (Phi) is 5.83. The van der Waals surface area contributed by atoms with Gasteiger partial charge >= 0.3 is 0 Å². The maximum Gasteiger partial charge on any atom is 0.0735 e. The second-order valence-corrected chi connectivity index (χ2v) is 7.38. The zero-order valence-electron chi connectivity index (χ0n) is 14.1. The van der Waals surface area contributed by atoms with Gasteiger partial charge in [-0.3, -0.25) is 0 Å². The molecule has 118 valence electrons. The van der Waals surface area contributed by atoms with Gasteiger partial charge in [-0.05, 0) is 42.7 Å². The van der Waals surface area contributed by atoms with Crippen LogP contribution in [0.5, 0.6) is 0 Å². The quantitative estimate of drug-likeness (QED) is 0.867. The predicted octanol–water partition coefficient (Wildman–Crippen LogP) is 4.40. The molecular formula is C19H31NO. The van der Waals surface area contributed by atoms with Gasteiger partial charge in [0.15, 0.2) is 0 Å². The molecule has 1 aromatic rings. The van der Waals surface area contributed by atoms with Gasteiger partial charge in [-0.1, -0.05) is 58.0 Å². The molecule has 2 heteroatoms. The molecule has 0 spiro atoms. The molecule has 0 saturated heterocycles. The molecule has 3 atom stereocenters. The normalized spacial score (nSPS) is 26.8. The number of hydrogen-bond donors (Lipinski definition) is 1. The van der Waals surface area contributed by atoms with Crippen LogP contribution >= 0.6 is 0 Å². The summed E-state index contributed by atoms with van der Waals surface area (Å²) in [5.41, 5.74) is 1.65. The lowest BCUT2D eigenvalue weighted by atomic mass is 9.70. The van der Waals surface area contributed by atoms with E-state index < -0.39 is 0 Å². The Balaban J connectivity index is 1.97. The van der Waals surface area contributed by atoms with Gasteiger partial charge in [0.05, 0.1) is 12.7 Å². The van der Waals surface area contributed by atoms with Crippen molar-refractivity contribution in [1.29, 1.82) is 0 Å². The van der Waals surface area contributed by atoms with Crippen molar-refractivity contribution in [2.24, 2.45) is 11.3 Å². The van der Waals surface area contributed by atoms with E-state index in [1.165, 1.54) is 24.8 Å². The minimum absolute atomic E-state index is 0.336. The van der Waals surface area contributed by atoms with Crippen LogP contribution in [-0.2, 0) is 11.3 Å². The van der Waals surface area contributed by atoms with E-state index in [1.807, 2.05) is 0 Å². The van der Waals surface area contributed by atoms with Crippen LogP contribution in [0.4, 0.5) is 0 Å². The lowest BCUT2D eigenvalue weighted by Gasteiger charge is -2.42. The van der Waals surface area contributed by atoms with Crippen LogP contribution in [0.3, 0.4) is 0 Å². The zero-order chi connectivity index (χ0) is 15.3. The first-order valence-electron chi connectivity index (χ1n) is 8.39. The Hall–Kier alpha value is -0.860.